The first kappa shape index (κ1) is 18.3. The Bertz CT molecular complexity index is 780. The Kier molecular flexibility index (Phi) is 5.65. The van der Waals surface area contributed by atoms with E-state index in [0.717, 1.165) is 12.1 Å². The van der Waals surface area contributed by atoms with E-state index in [1.54, 1.807) is 24.3 Å². The molecule has 1 amide bonds. The molecule has 0 aliphatic carbocycles. The lowest BCUT2D eigenvalue weighted by Crippen LogP contribution is -2.35. The van der Waals surface area contributed by atoms with Crippen molar-refractivity contribution in [3.8, 4) is 11.8 Å². The van der Waals surface area contributed by atoms with Gasteiger partial charge in [-0.1, -0.05) is 12.1 Å². The van der Waals surface area contributed by atoms with Gasteiger partial charge in [-0.2, -0.15) is 18.4 Å². The van der Waals surface area contributed by atoms with E-state index in [2.05, 4.69) is 5.32 Å². The molecule has 0 saturated heterocycles. The number of alkyl halides is 3. The summed E-state index contributed by atoms with van der Waals surface area (Å²) in [5.74, 6) is -0.0394. The van der Waals surface area contributed by atoms with Gasteiger partial charge in [0, 0.05) is 6.54 Å². The van der Waals surface area contributed by atoms with Crippen LogP contribution in [0, 0.1) is 11.3 Å². The van der Waals surface area contributed by atoms with Crippen LogP contribution in [0.3, 0.4) is 0 Å². The van der Waals surface area contributed by atoms with Crippen LogP contribution in [0.4, 0.5) is 13.2 Å². The van der Waals surface area contributed by atoms with Gasteiger partial charge in [0.2, 0.25) is 0 Å². The number of carbonyl (C=O) groups excluding carboxylic acids is 1. The fourth-order valence-electron chi connectivity index (χ4n) is 2.06. The average Bonchev–Trinajstić information content (AvgIpc) is 2.59. The highest BCUT2D eigenvalue weighted by molar-refractivity contribution is 5.80. The Hall–Kier alpha value is -3.01. The van der Waals surface area contributed by atoms with Crippen LogP contribution in [-0.2, 0) is 17.5 Å². The number of ether oxygens (including phenoxy) is 1. The van der Waals surface area contributed by atoms with Gasteiger partial charge < -0.3 is 10.1 Å². The fourth-order valence-corrected chi connectivity index (χ4v) is 2.06. The van der Waals surface area contributed by atoms with Crippen LogP contribution in [0.5, 0.6) is 5.75 Å². The molecule has 0 aromatic heterocycles. The second-order valence-electron chi connectivity index (χ2n) is 5.31. The molecule has 1 N–H and O–H groups in total. The Balaban J connectivity index is 1.92. The maximum atomic E-state index is 12.7. The molecule has 25 heavy (non-hydrogen) atoms. The molecule has 130 valence electrons. The number of nitrogens with zero attached hydrogens (tertiary/aromatic N) is 1. The van der Waals surface area contributed by atoms with E-state index in [4.69, 9.17) is 10.00 Å². The van der Waals surface area contributed by atoms with Gasteiger partial charge in [0.15, 0.2) is 6.10 Å². The number of hydrogen-bond acceptors (Lipinski definition) is 3. The molecule has 2 aromatic rings. The minimum atomic E-state index is -4.42. The molecule has 1 unspecified atom stereocenters. The van der Waals surface area contributed by atoms with Gasteiger partial charge in [-0.15, -0.1) is 0 Å². The molecule has 0 heterocycles. The molecule has 0 saturated carbocycles. The van der Waals surface area contributed by atoms with Crippen LogP contribution in [0.25, 0.3) is 0 Å². The summed E-state index contributed by atoms with van der Waals surface area (Å²) in [5.41, 5.74) is 0.0453. The molecule has 0 aliphatic heterocycles. The zero-order chi connectivity index (χ0) is 18.4. The molecule has 0 aliphatic rings. The Morgan fingerprint density at radius 3 is 2.52 bits per heavy atom. The molecular formula is C18H15F3N2O2. The first-order chi connectivity index (χ1) is 11.8. The van der Waals surface area contributed by atoms with Crippen molar-refractivity contribution in [3.05, 3.63) is 65.2 Å². The van der Waals surface area contributed by atoms with Gasteiger partial charge in [-0.05, 0) is 48.9 Å². The molecule has 0 bridgehead atoms. The monoisotopic (exact) mass is 348 g/mol. The van der Waals surface area contributed by atoms with E-state index in [9.17, 15) is 18.0 Å². The summed E-state index contributed by atoms with van der Waals surface area (Å²) in [4.78, 5) is 12.0. The van der Waals surface area contributed by atoms with E-state index in [-0.39, 0.29) is 6.54 Å². The van der Waals surface area contributed by atoms with E-state index in [1.807, 2.05) is 6.07 Å². The maximum absolute atomic E-state index is 12.7. The van der Waals surface area contributed by atoms with Crippen LogP contribution < -0.4 is 10.1 Å². The molecule has 2 rings (SSSR count). The van der Waals surface area contributed by atoms with Crippen molar-refractivity contribution >= 4 is 5.91 Å². The van der Waals surface area contributed by atoms with Gasteiger partial charge in [-0.3, -0.25) is 4.79 Å². The topological polar surface area (TPSA) is 62.1 Å². The van der Waals surface area contributed by atoms with E-state index >= 15 is 0 Å². The van der Waals surface area contributed by atoms with Crippen LogP contribution in [0.15, 0.2) is 48.5 Å². The van der Waals surface area contributed by atoms with Crippen molar-refractivity contribution in [2.45, 2.75) is 25.7 Å². The molecule has 0 radical (unpaired) electrons. The lowest BCUT2D eigenvalue weighted by molar-refractivity contribution is -0.137. The highest BCUT2D eigenvalue weighted by atomic mass is 19.4. The summed E-state index contributed by atoms with van der Waals surface area (Å²) >= 11 is 0. The van der Waals surface area contributed by atoms with Gasteiger partial charge >= 0.3 is 6.18 Å². The van der Waals surface area contributed by atoms with E-state index in [0.29, 0.717) is 16.9 Å². The Morgan fingerprint density at radius 2 is 1.92 bits per heavy atom. The van der Waals surface area contributed by atoms with Crippen molar-refractivity contribution < 1.29 is 22.7 Å². The average molecular weight is 348 g/mol. The second-order valence-corrected chi connectivity index (χ2v) is 5.31. The standard InChI is InChI=1S/C18H15F3N2O2/c1-12(25-16-7-5-13(10-22)6-8-16)17(24)23-11-14-3-2-4-15(9-14)18(19,20)21/h2-9,12H,11H2,1H3,(H,23,24). The normalized spacial score (nSPS) is 12.1. The summed E-state index contributed by atoms with van der Waals surface area (Å²) in [6.07, 6.45) is -5.26. The van der Waals surface area contributed by atoms with E-state index in [1.165, 1.54) is 19.1 Å². The number of halogens is 3. The van der Waals surface area contributed by atoms with Crippen molar-refractivity contribution in [1.82, 2.24) is 5.32 Å². The summed E-state index contributed by atoms with van der Waals surface area (Å²) in [6, 6.07) is 13.0. The third kappa shape index (κ3) is 5.24. The van der Waals surface area contributed by atoms with Gasteiger partial charge in [0.25, 0.3) is 5.91 Å². The summed E-state index contributed by atoms with van der Waals surface area (Å²) in [5, 5.41) is 11.3. The quantitative estimate of drug-likeness (QED) is 0.897. The van der Waals surface area contributed by atoms with Crippen LogP contribution in [0.1, 0.15) is 23.6 Å². The minimum absolute atomic E-state index is 0.0379. The number of carbonyl (C=O) groups is 1. The van der Waals surface area contributed by atoms with Crippen molar-refractivity contribution in [1.29, 1.82) is 5.26 Å². The second kappa shape index (κ2) is 7.71. The largest absolute Gasteiger partial charge is 0.481 e. The summed E-state index contributed by atoms with van der Waals surface area (Å²) in [7, 11) is 0. The zero-order valence-corrected chi connectivity index (χ0v) is 13.3. The molecule has 4 nitrogen and oxygen atoms in total. The summed E-state index contributed by atoms with van der Waals surface area (Å²) in [6.45, 7) is 1.49. The fraction of sp³-hybridized carbons (Fsp3) is 0.222. The Morgan fingerprint density at radius 1 is 1.24 bits per heavy atom. The van der Waals surface area contributed by atoms with Crippen LogP contribution >= 0.6 is 0 Å². The van der Waals surface area contributed by atoms with Gasteiger partial charge in [-0.25, -0.2) is 0 Å². The number of hydrogen-bond donors (Lipinski definition) is 1. The predicted molar refractivity (Wildman–Crippen MR) is 84.5 cm³/mol. The highest BCUT2D eigenvalue weighted by Gasteiger charge is 2.30. The van der Waals surface area contributed by atoms with Gasteiger partial charge in [0.1, 0.15) is 5.75 Å². The molecule has 7 heteroatoms. The lowest BCUT2D eigenvalue weighted by atomic mass is 10.1. The predicted octanol–water partition coefficient (Wildman–Crippen LogP) is 3.66. The summed E-state index contributed by atoms with van der Waals surface area (Å²) < 4.78 is 43.4. The highest BCUT2D eigenvalue weighted by Crippen LogP contribution is 2.29. The van der Waals surface area contributed by atoms with Gasteiger partial charge in [0.05, 0.1) is 17.2 Å². The number of benzene rings is 2. The first-order valence-electron chi connectivity index (χ1n) is 7.40. The smallest absolute Gasteiger partial charge is 0.416 e. The number of nitriles is 1. The van der Waals surface area contributed by atoms with Crippen molar-refractivity contribution in [3.63, 3.8) is 0 Å². The molecule has 2 aromatic carbocycles. The molecule has 0 fully saturated rings. The lowest BCUT2D eigenvalue weighted by Gasteiger charge is -2.15. The zero-order valence-electron chi connectivity index (χ0n) is 13.3. The van der Waals surface area contributed by atoms with E-state index < -0.39 is 23.8 Å². The molecule has 0 spiro atoms. The number of rotatable bonds is 5. The van der Waals surface area contributed by atoms with Crippen molar-refractivity contribution in [2.24, 2.45) is 0 Å². The van der Waals surface area contributed by atoms with Crippen LogP contribution in [0.2, 0.25) is 0 Å². The number of nitrogens with one attached hydrogen (secondary N) is 1. The number of amides is 1. The maximum Gasteiger partial charge on any atom is 0.416 e. The third-order valence-corrected chi connectivity index (χ3v) is 3.39. The first-order valence-corrected chi connectivity index (χ1v) is 7.40. The minimum Gasteiger partial charge on any atom is -0.481 e. The van der Waals surface area contributed by atoms with Crippen LogP contribution in [-0.4, -0.2) is 12.0 Å². The SMILES string of the molecule is CC(Oc1ccc(C#N)cc1)C(=O)NCc1cccc(C(F)(F)F)c1. The Labute approximate surface area is 142 Å². The molecule has 1 atom stereocenters. The van der Waals surface area contributed by atoms with Crippen molar-refractivity contribution in [2.75, 3.05) is 0 Å². The third-order valence-electron chi connectivity index (χ3n) is 3.39. The molecular weight excluding hydrogens is 333 g/mol.